The van der Waals surface area contributed by atoms with E-state index in [0.29, 0.717) is 19.2 Å². The first-order valence-corrected chi connectivity index (χ1v) is 11.6. The van der Waals surface area contributed by atoms with Gasteiger partial charge in [0, 0.05) is 43.0 Å². The summed E-state index contributed by atoms with van der Waals surface area (Å²) < 4.78 is 16.6. The number of nitrogens with zero attached hydrogens (tertiary/aromatic N) is 2. The van der Waals surface area contributed by atoms with Gasteiger partial charge in [0.15, 0.2) is 17.5 Å². The molecule has 1 unspecified atom stereocenters. The molecule has 0 bridgehead atoms. The number of methoxy groups -OCH3 is 1. The van der Waals surface area contributed by atoms with Crippen LogP contribution in [-0.2, 0) is 11.3 Å². The maximum absolute atomic E-state index is 5.69. The van der Waals surface area contributed by atoms with E-state index in [1.807, 2.05) is 36.5 Å². The highest BCUT2D eigenvalue weighted by Gasteiger charge is 2.24. The van der Waals surface area contributed by atoms with Crippen molar-refractivity contribution in [2.45, 2.75) is 26.4 Å². The first-order valence-electron chi connectivity index (χ1n) is 10.8. The second kappa shape index (κ2) is 13.9. The molecule has 2 aromatic rings. The van der Waals surface area contributed by atoms with Gasteiger partial charge in [-0.2, -0.15) is 0 Å². The molecule has 0 saturated carbocycles. The summed E-state index contributed by atoms with van der Waals surface area (Å²) in [5, 5.41) is 6.92. The van der Waals surface area contributed by atoms with E-state index < -0.39 is 0 Å². The molecule has 178 valence electrons. The second-order valence-electron chi connectivity index (χ2n) is 7.34. The van der Waals surface area contributed by atoms with Gasteiger partial charge in [0.2, 0.25) is 0 Å². The summed E-state index contributed by atoms with van der Waals surface area (Å²) in [6.45, 7) is 9.61. The summed E-state index contributed by atoms with van der Waals surface area (Å²) in [5.74, 6) is 2.28. The first-order chi connectivity index (χ1) is 15.1. The van der Waals surface area contributed by atoms with Gasteiger partial charge in [0.25, 0.3) is 0 Å². The van der Waals surface area contributed by atoms with Crippen LogP contribution in [0, 0.1) is 6.92 Å². The number of hydrogen-bond acceptors (Lipinski definition) is 6. The predicted octanol–water partition coefficient (Wildman–Crippen LogP) is 3.82. The smallest absolute Gasteiger partial charge is 0.191 e. The molecule has 9 heteroatoms. The van der Waals surface area contributed by atoms with Crippen molar-refractivity contribution in [1.29, 1.82) is 0 Å². The number of morpholine rings is 1. The Morgan fingerprint density at radius 3 is 2.59 bits per heavy atom. The maximum Gasteiger partial charge on any atom is 0.191 e. The SMILES string of the molecule is CCOc1cc(CNC(=NC)NCC(c2ccc(C)s2)N2CCOCC2)ccc1OC.I. The number of ether oxygens (including phenoxy) is 3. The number of hydrogen-bond donors (Lipinski definition) is 2. The Morgan fingerprint density at radius 2 is 1.97 bits per heavy atom. The van der Waals surface area contributed by atoms with Crippen molar-refractivity contribution in [3.05, 3.63) is 45.6 Å². The van der Waals surface area contributed by atoms with Crippen LogP contribution >= 0.6 is 35.3 Å². The van der Waals surface area contributed by atoms with Crippen molar-refractivity contribution < 1.29 is 14.2 Å². The number of nitrogens with one attached hydrogen (secondary N) is 2. The zero-order chi connectivity index (χ0) is 22.1. The Balaban J connectivity index is 0.00000363. The molecule has 7 nitrogen and oxygen atoms in total. The lowest BCUT2D eigenvalue weighted by molar-refractivity contribution is 0.0177. The van der Waals surface area contributed by atoms with E-state index in [-0.39, 0.29) is 24.0 Å². The third kappa shape index (κ3) is 7.50. The van der Waals surface area contributed by atoms with E-state index in [9.17, 15) is 0 Å². The zero-order valence-corrected chi connectivity index (χ0v) is 22.5. The van der Waals surface area contributed by atoms with Gasteiger partial charge in [-0.25, -0.2) is 0 Å². The third-order valence-electron chi connectivity index (χ3n) is 5.25. The van der Waals surface area contributed by atoms with Crippen molar-refractivity contribution >= 4 is 41.3 Å². The fourth-order valence-electron chi connectivity index (χ4n) is 3.63. The van der Waals surface area contributed by atoms with Gasteiger partial charge < -0.3 is 24.8 Å². The highest BCUT2D eigenvalue weighted by Crippen LogP contribution is 2.29. The normalized spacial score (nSPS) is 15.6. The average Bonchev–Trinajstić information content (AvgIpc) is 3.23. The topological polar surface area (TPSA) is 67.4 Å². The maximum atomic E-state index is 5.69. The molecule has 32 heavy (non-hydrogen) atoms. The minimum absolute atomic E-state index is 0. The predicted molar refractivity (Wildman–Crippen MR) is 142 cm³/mol. The quantitative estimate of drug-likeness (QED) is 0.270. The number of thiophene rings is 1. The van der Waals surface area contributed by atoms with Crippen LogP contribution in [0.3, 0.4) is 0 Å². The van der Waals surface area contributed by atoms with Crippen LogP contribution in [0.2, 0.25) is 0 Å². The van der Waals surface area contributed by atoms with E-state index in [1.54, 1.807) is 14.2 Å². The molecule has 0 radical (unpaired) electrons. The highest BCUT2D eigenvalue weighted by molar-refractivity contribution is 14.0. The van der Waals surface area contributed by atoms with Crippen LogP contribution in [0.1, 0.15) is 28.3 Å². The van der Waals surface area contributed by atoms with Crippen molar-refractivity contribution in [2.24, 2.45) is 4.99 Å². The molecule has 1 aliphatic rings. The summed E-state index contributed by atoms with van der Waals surface area (Å²) in [4.78, 5) is 9.61. The van der Waals surface area contributed by atoms with Crippen molar-refractivity contribution in [1.82, 2.24) is 15.5 Å². The lowest BCUT2D eigenvalue weighted by Crippen LogP contribution is -2.46. The Kier molecular flexibility index (Phi) is 11.6. The molecule has 1 fully saturated rings. The minimum atomic E-state index is 0. The van der Waals surface area contributed by atoms with Crippen LogP contribution in [0.4, 0.5) is 0 Å². The van der Waals surface area contributed by atoms with Gasteiger partial charge in [-0.05, 0) is 43.7 Å². The molecular weight excluding hydrogens is 539 g/mol. The van der Waals surface area contributed by atoms with Crippen LogP contribution in [-0.4, -0.2) is 64.5 Å². The summed E-state index contributed by atoms with van der Waals surface area (Å²) in [6.07, 6.45) is 0. The van der Waals surface area contributed by atoms with Crippen molar-refractivity contribution in [2.75, 3.05) is 53.6 Å². The first kappa shape index (κ1) is 26.7. The van der Waals surface area contributed by atoms with Gasteiger partial charge in [-0.15, -0.1) is 35.3 Å². The largest absolute Gasteiger partial charge is 0.493 e. The number of aliphatic imine (C=N–C) groups is 1. The zero-order valence-electron chi connectivity index (χ0n) is 19.3. The molecule has 1 saturated heterocycles. The average molecular weight is 575 g/mol. The van der Waals surface area contributed by atoms with Gasteiger partial charge >= 0.3 is 0 Å². The van der Waals surface area contributed by atoms with Crippen LogP contribution in [0.5, 0.6) is 11.5 Å². The molecule has 3 rings (SSSR count). The standard InChI is InChI=1S/C23H34N4O3S.HI/c1-5-30-21-14-18(7-8-20(21)28-4)15-25-23(24-3)26-16-19(22-9-6-17(2)31-22)27-10-12-29-13-11-27;/h6-9,14,19H,5,10-13,15-16H2,1-4H3,(H2,24,25,26);1H. The molecule has 1 aromatic heterocycles. The lowest BCUT2D eigenvalue weighted by atomic mass is 10.2. The highest BCUT2D eigenvalue weighted by atomic mass is 127. The fraction of sp³-hybridized carbons (Fsp3) is 0.522. The van der Waals surface area contributed by atoms with E-state index in [0.717, 1.165) is 55.9 Å². The van der Waals surface area contributed by atoms with E-state index in [1.165, 1.54) is 9.75 Å². The second-order valence-corrected chi connectivity index (χ2v) is 8.66. The molecule has 0 spiro atoms. The fourth-order valence-corrected chi connectivity index (χ4v) is 4.64. The summed E-state index contributed by atoms with van der Waals surface area (Å²) >= 11 is 1.86. The Hall–Kier alpha value is -1.56. The monoisotopic (exact) mass is 574 g/mol. The summed E-state index contributed by atoms with van der Waals surface area (Å²) in [6, 6.07) is 10.7. The Morgan fingerprint density at radius 1 is 1.19 bits per heavy atom. The van der Waals surface area contributed by atoms with Gasteiger partial charge in [0.1, 0.15) is 0 Å². The van der Waals surface area contributed by atoms with E-state index >= 15 is 0 Å². The molecule has 1 aromatic carbocycles. The number of benzene rings is 1. The molecule has 2 heterocycles. The van der Waals surface area contributed by atoms with Gasteiger partial charge in [-0.1, -0.05) is 6.07 Å². The number of aryl methyl sites for hydroxylation is 1. The molecule has 2 N–H and O–H groups in total. The molecule has 1 atom stereocenters. The summed E-state index contributed by atoms with van der Waals surface area (Å²) in [5.41, 5.74) is 1.10. The van der Waals surface area contributed by atoms with Crippen LogP contribution in [0.25, 0.3) is 0 Å². The van der Waals surface area contributed by atoms with Gasteiger partial charge in [-0.3, -0.25) is 9.89 Å². The molecule has 0 aliphatic carbocycles. The number of halogens is 1. The Bertz CT molecular complexity index is 856. The van der Waals surface area contributed by atoms with Crippen LogP contribution in [0.15, 0.2) is 35.3 Å². The van der Waals surface area contributed by atoms with E-state index in [4.69, 9.17) is 14.2 Å². The Labute approximate surface area is 212 Å². The number of rotatable bonds is 9. The third-order valence-corrected chi connectivity index (χ3v) is 6.35. The number of guanidine groups is 1. The lowest BCUT2D eigenvalue weighted by Gasteiger charge is -2.34. The van der Waals surface area contributed by atoms with Gasteiger partial charge in [0.05, 0.1) is 33.0 Å². The molecular formula is C23H35IN4O3S. The van der Waals surface area contributed by atoms with Crippen LogP contribution < -0.4 is 20.1 Å². The summed E-state index contributed by atoms with van der Waals surface area (Å²) in [7, 11) is 3.45. The van der Waals surface area contributed by atoms with Crippen molar-refractivity contribution in [3.8, 4) is 11.5 Å². The van der Waals surface area contributed by atoms with Crippen molar-refractivity contribution in [3.63, 3.8) is 0 Å². The molecule has 1 aliphatic heterocycles. The minimum Gasteiger partial charge on any atom is -0.493 e. The molecule has 0 amide bonds. The van der Waals surface area contributed by atoms with E-state index in [2.05, 4.69) is 39.6 Å².